The van der Waals surface area contributed by atoms with E-state index in [1.54, 1.807) is 0 Å². The molecule has 0 aliphatic rings. The summed E-state index contributed by atoms with van der Waals surface area (Å²) < 4.78 is 7.16. The number of hydrogen-bond donors (Lipinski definition) is 0. The highest BCUT2D eigenvalue weighted by atomic mass is 15.2. The predicted octanol–water partition coefficient (Wildman–Crippen LogP) is 30.9. The lowest BCUT2D eigenvalue weighted by atomic mass is 10.0. The van der Waals surface area contributed by atoms with Gasteiger partial charge in [-0.05, 0) is 215 Å². The van der Waals surface area contributed by atoms with Crippen LogP contribution in [0.25, 0.3) is 127 Å². The van der Waals surface area contributed by atoms with Crippen molar-refractivity contribution < 1.29 is 0 Å². The monoisotopic (exact) mass is 1510 g/mol. The van der Waals surface area contributed by atoms with Crippen molar-refractivity contribution in [3.05, 3.63) is 485 Å². The number of hydrogen-bond acceptors (Lipinski definition) is 3. The number of aromatic nitrogens is 3. The molecule has 3 aromatic heterocycles. The van der Waals surface area contributed by atoms with Gasteiger partial charge >= 0.3 is 0 Å². The van der Waals surface area contributed by atoms with Crippen molar-refractivity contribution in [2.45, 2.75) is 0 Å². The van der Waals surface area contributed by atoms with E-state index in [0.717, 1.165) is 68.2 Å². The molecule has 0 fully saturated rings. The number of para-hydroxylation sites is 8. The Kier molecular flexibility index (Phi) is 19.3. The largest absolute Gasteiger partial charge is 0.311 e. The average Bonchev–Trinajstić information content (AvgIpc) is 1.58. The third kappa shape index (κ3) is 13.8. The van der Waals surface area contributed by atoms with Gasteiger partial charge in [0.25, 0.3) is 0 Å². The second kappa shape index (κ2) is 32.0. The summed E-state index contributed by atoms with van der Waals surface area (Å²) in [4.78, 5) is 6.92. The number of nitrogens with zero attached hydrogens (tertiary/aromatic N) is 6. The molecule has 0 bridgehead atoms. The Hall–Kier alpha value is -15.8. The zero-order valence-electron chi connectivity index (χ0n) is 64.9. The van der Waals surface area contributed by atoms with Gasteiger partial charge in [-0.1, -0.05) is 309 Å². The van der Waals surface area contributed by atoms with Crippen molar-refractivity contribution in [1.29, 1.82) is 0 Å². The highest BCUT2D eigenvalue weighted by molar-refractivity contribution is 6.19. The van der Waals surface area contributed by atoms with Crippen LogP contribution in [0.2, 0.25) is 0 Å². The van der Waals surface area contributed by atoms with E-state index in [9.17, 15) is 0 Å². The molecule has 22 aromatic rings. The second-order valence-electron chi connectivity index (χ2n) is 29.6. The lowest BCUT2D eigenvalue weighted by molar-refractivity contribution is 1.17. The van der Waals surface area contributed by atoms with Crippen molar-refractivity contribution >= 4 is 127 Å². The Bertz CT molecular complexity index is 7000. The van der Waals surface area contributed by atoms with Gasteiger partial charge in [-0.25, -0.2) is 0 Å². The first-order valence-corrected chi connectivity index (χ1v) is 40.3. The van der Waals surface area contributed by atoms with Crippen LogP contribution in [0, 0.1) is 0 Å². The summed E-state index contributed by atoms with van der Waals surface area (Å²) in [6.45, 7) is 0. The summed E-state index contributed by atoms with van der Waals surface area (Å²) in [6, 6.07) is 173. The van der Waals surface area contributed by atoms with Gasteiger partial charge < -0.3 is 28.4 Å². The quantitative estimate of drug-likeness (QED) is 0.102. The molecular weight excluding hydrogens is 1430 g/mol. The molecule has 22 rings (SSSR count). The zero-order valence-corrected chi connectivity index (χ0v) is 64.9. The number of fused-ring (bicyclic) bond motifs is 11. The van der Waals surface area contributed by atoms with Gasteiger partial charge in [0.05, 0.1) is 33.1 Å². The molecule has 0 spiro atoms. The number of benzene rings is 19. The third-order valence-corrected chi connectivity index (χ3v) is 22.5. The molecule has 0 aliphatic carbocycles. The lowest BCUT2D eigenvalue weighted by Gasteiger charge is -2.26. The van der Waals surface area contributed by atoms with Crippen LogP contribution in [0.4, 0.5) is 51.2 Å². The Balaban J connectivity index is 0.000000116. The molecule has 6 heteroatoms. The molecule has 558 valence electrons. The van der Waals surface area contributed by atoms with Crippen LogP contribution in [-0.4, -0.2) is 13.7 Å². The minimum atomic E-state index is 1.10. The van der Waals surface area contributed by atoms with Crippen LogP contribution in [0.15, 0.2) is 485 Å². The highest BCUT2D eigenvalue weighted by Crippen LogP contribution is 2.44. The Morgan fingerprint density at radius 3 is 0.729 bits per heavy atom. The Morgan fingerprint density at radius 1 is 0.136 bits per heavy atom. The van der Waals surface area contributed by atoms with Crippen LogP contribution in [0.1, 0.15) is 0 Å². The van der Waals surface area contributed by atoms with E-state index < -0.39 is 0 Å². The van der Waals surface area contributed by atoms with Crippen molar-refractivity contribution in [2.75, 3.05) is 14.7 Å². The smallest absolute Gasteiger partial charge is 0.0619 e. The van der Waals surface area contributed by atoms with E-state index >= 15 is 0 Å². The van der Waals surface area contributed by atoms with E-state index in [1.807, 2.05) is 0 Å². The molecule has 0 amide bonds. The first kappa shape index (κ1) is 71.3. The lowest BCUT2D eigenvalue weighted by Crippen LogP contribution is -2.10. The highest BCUT2D eigenvalue weighted by Gasteiger charge is 2.22. The molecule has 3 heterocycles. The van der Waals surface area contributed by atoms with Gasteiger partial charge in [-0.15, -0.1) is 0 Å². The van der Waals surface area contributed by atoms with E-state index in [1.165, 1.54) is 110 Å². The second-order valence-corrected chi connectivity index (χ2v) is 29.6. The predicted molar refractivity (Wildman–Crippen MR) is 500 cm³/mol. The topological polar surface area (TPSA) is 24.5 Å². The first-order chi connectivity index (χ1) is 58.6. The normalized spacial score (nSPS) is 11.2. The maximum absolute atomic E-state index is 2.42. The number of rotatable bonds is 15. The fourth-order valence-electron chi connectivity index (χ4n) is 17.0. The minimum Gasteiger partial charge on any atom is -0.311 e. The summed E-state index contributed by atoms with van der Waals surface area (Å²) in [6.07, 6.45) is 0. The van der Waals surface area contributed by atoms with Gasteiger partial charge in [0.15, 0.2) is 0 Å². The molecule has 0 aliphatic heterocycles. The van der Waals surface area contributed by atoms with Crippen LogP contribution in [0.3, 0.4) is 0 Å². The van der Waals surface area contributed by atoms with Crippen LogP contribution >= 0.6 is 0 Å². The molecule has 118 heavy (non-hydrogen) atoms. The molecule has 0 radical (unpaired) electrons. The molecule has 6 nitrogen and oxygen atoms in total. The molecular formula is C112H80N6. The summed E-state index contributed by atoms with van der Waals surface area (Å²) in [5, 5.41) is 10.1. The average molecular weight is 1510 g/mol. The maximum Gasteiger partial charge on any atom is 0.0619 e. The van der Waals surface area contributed by atoms with Gasteiger partial charge in [-0.2, -0.15) is 0 Å². The molecule has 0 unspecified atom stereocenters. The SMILES string of the molecule is c1ccc(-c2ccc(N(c3ccc(-c4ccccc4)cc3)c3ccc(-n4c5ccccc5c5ccc6ccccc6c54)cc3)cc2)cc1.c1ccc(-c2ccc3c4ccccc4n(-c4ccc(N(c5ccccc5)c5ccccc5)cc4)c3c2)cc1.c1ccc(N(c2ccccc2)c2ccc(-n3c4ccccc4c4ccccc43)cc2)cc1. The van der Waals surface area contributed by atoms with Gasteiger partial charge in [0, 0.05) is 106 Å². The van der Waals surface area contributed by atoms with Crippen LogP contribution < -0.4 is 14.7 Å². The first-order valence-electron chi connectivity index (χ1n) is 40.3. The van der Waals surface area contributed by atoms with Gasteiger partial charge in [-0.3, -0.25) is 0 Å². The van der Waals surface area contributed by atoms with E-state index in [0.29, 0.717) is 0 Å². The molecule has 0 atom stereocenters. The third-order valence-electron chi connectivity index (χ3n) is 22.5. The molecule has 0 saturated carbocycles. The molecule has 0 saturated heterocycles. The van der Waals surface area contributed by atoms with Crippen molar-refractivity contribution in [3.63, 3.8) is 0 Å². The molecule has 19 aromatic carbocycles. The minimum absolute atomic E-state index is 1.10. The van der Waals surface area contributed by atoms with Gasteiger partial charge in [0.2, 0.25) is 0 Å². The standard InChI is InChI=1S/C46H32N2.C36H26N2.C30H22N2/c1-3-11-33(12-4-1)35-19-24-38(25-20-35)47(39-26-21-36(22-27-39)34-13-5-2-6-14-34)40-28-30-41(31-29-40)48-45-18-10-9-17-43(45)44-32-23-37-15-7-8-16-42(37)46(44)48;1-4-12-27(13-5-1)28-20-25-34-33-18-10-11-19-35(33)38(36(34)26-28)32-23-21-31(22-24-32)37(29-14-6-2-7-15-29)30-16-8-3-9-17-30;1-3-11-23(12-4-1)31(24-13-5-2-6-14-24)25-19-21-26(22-20-25)32-29-17-9-7-15-27(29)28-16-8-10-18-30(28)32/h1-32H;1-26H;1-22H. The van der Waals surface area contributed by atoms with Gasteiger partial charge in [0.1, 0.15) is 0 Å². The summed E-state index contributed by atoms with van der Waals surface area (Å²) in [5.74, 6) is 0. The van der Waals surface area contributed by atoms with Crippen molar-refractivity contribution in [2.24, 2.45) is 0 Å². The number of anilines is 9. The summed E-state index contributed by atoms with van der Waals surface area (Å²) in [7, 11) is 0. The maximum atomic E-state index is 2.42. The summed E-state index contributed by atoms with van der Waals surface area (Å²) in [5.41, 5.74) is 28.2. The van der Waals surface area contributed by atoms with E-state index in [2.05, 4.69) is 514 Å². The van der Waals surface area contributed by atoms with E-state index in [4.69, 9.17) is 0 Å². The van der Waals surface area contributed by atoms with Crippen molar-refractivity contribution in [3.8, 4) is 50.4 Å². The zero-order chi connectivity index (χ0) is 78.5. The Labute approximate surface area is 687 Å². The fourth-order valence-corrected chi connectivity index (χ4v) is 17.0. The van der Waals surface area contributed by atoms with Crippen molar-refractivity contribution in [1.82, 2.24) is 13.7 Å². The summed E-state index contributed by atoms with van der Waals surface area (Å²) >= 11 is 0. The Morgan fingerprint density at radius 2 is 0.364 bits per heavy atom. The fraction of sp³-hybridized carbons (Fsp3) is 0. The van der Waals surface area contributed by atoms with Crippen LogP contribution in [-0.2, 0) is 0 Å². The van der Waals surface area contributed by atoms with E-state index in [-0.39, 0.29) is 0 Å². The van der Waals surface area contributed by atoms with Crippen LogP contribution in [0.5, 0.6) is 0 Å². The molecule has 0 N–H and O–H groups in total.